The van der Waals surface area contributed by atoms with E-state index in [0.717, 1.165) is 84.6 Å². The smallest absolute Gasteiger partial charge is 0.408 e. The van der Waals surface area contributed by atoms with Gasteiger partial charge in [0.05, 0.1) is 48.0 Å². The van der Waals surface area contributed by atoms with Gasteiger partial charge in [-0.15, -0.1) is 11.3 Å². The van der Waals surface area contributed by atoms with Gasteiger partial charge in [-0.2, -0.15) is 0 Å². The summed E-state index contributed by atoms with van der Waals surface area (Å²) in [5.41, 5.74) is 10.6. The maximum atomic E-state index is 14.4. The van der Waals surface area contributed by atoms with Gasteiger partial charge in [-0.25, -0.2) is 15.2 Å². The van der Waals surface area contributed by atoms with Crippen LogP contribution in [0, 0.1) is 5.41 Å². The SMILES string of the molecule is CCn1c(-c2cc(C3C[C@H]4COC[C@@H](C3)N4)cnc2[C@H](C)OC)c2c3cc(ccc31)-c1csc(n1)[C@@H](C)[C@H](NC(=O)OC(C)(C)C)C(=O)N1CCC[C@H](N1)C(=O)OCC1(CC1)C2. The van der Waals surface area contributed by atoms with E-state index >= 15 is 0 Å². The highest BCUT2D eigenvalue weighted by Gasteiger charge is 2.47. The number of carbonyl (C=O) groups is 3. The fraction of sp³-hybridized carbons (Fsp3) is 0.596. The minimum absolute atomic E-state index is 0.250. The number of carbonyl (C=O) groups excluding carboxylic acids is 3. The number of hydrogen-bond acceptors (Lipinski definition) is 12. The van der Waals surface area contributed by atoms with Crippen molar-refractivity contribution in [3.63, 3.8) is 0 Å². The van der Waals surface area contributed by atoms with Crippen molar-refractivity contribution in [1.29, 1.82) is 0 Å². The molecule has 5 aliphatic rings. The van der Waals surface area contributed by atoms with E-state index in [1.54, 1.807) is 27.9 Å². The molecule has 3 aromatic heterocycles. The number of benzene rings is 1. The lowest BCUT2D eigenvalue weighted by atomic mass is 9.82. The lowest BCUT2D eigenvalue weighted by molar-refractivity contribution is -0.154. The molecule has 1 saturated carbocycles. The summed E-state index contributed by atoms with van der Waals surface area (Å²) >= 11 is 1.46. The zero-order chi connectivity index (χ0) is 43.5. The molecule has 1 unspecified atom stereocenters. The predicted octanol–water partition coefficient (Wildman–Crippen LogP) is 7.16. The first-order valence-corrected chi connectivity index (χ1v) is 23.3. The van der Waals surface area contributed by atoms with Crippen LogP contribution in [0.2, 0.25) is 0 Å². The zero-order valence-electron chi connectivity index (χ0n) is 37.0. The van der Waals surface area contributed by atoms with E-state index in [4.69, 9.17) is 28.9 Å². The Hall–Kier alpha value is -4.41. The van der Waals surface area contributed by atoms with Gasteiger partial charge in [-0.05, 0) is 115 Å². The lowest BCUT2D eigenvalue weighted by Crippen LogP contribution is -2.61. The molecular formula is C47H61N7O7S. The second kappa shape index (κ2) is 16.9. The highest BCUT2D eigenvalue weighted by Crippen LogP contribution is 2.52. The second-order valence-electron chi connectivity index (χ2n) is 19.2. The number of rotatable bonds is 6. The summed E-state index contributed by atoms with van der Waals surface area (Å²) < 4.78 is 26.2. The third-order valence-electron chi connectivity index (χ3n) is 13.5. The fourth-order valence-electron chi connectivity index (χ4n) is 9.99. The van der Waals surface area contributed by atoms with Crippen LogP contribution in [0.25, 0.3) is 33.4 Å². The predicted molar refractivity (Wildman–Crippen MR) is 237 cm³/mol. The van der Waals surface area contributed by atoms with Crippen molar-refractivity contribution in [3.8, 4) is 22.5 Å². The monoisotopic (exact) mass is 867 g/mol. The first-order chi connectivity index (χ1) is 29.7. The molecule has 4 aromatic rings. The van der Waals surface area contributed by atoms with E-state index < -0.39 is 29.7 Å². The van der Waals surface area contributed by atoms with Gasteiger partial charge in [0.1, 0.15) is 17.7 Å². The third kappa shape index (κ3) is 8.50. The van der Waals surface area contributed by atoms with Gasteiger partial charge in [0.25, 0.3) is 5.91 Å². The van der Waals surface area contributed by atoms with Gasteiger partial charge in [-0.3, -0.25) is 19.6 Å². The highest BCUT2D eigenvalue weighted by atomic mass is 32.1. The van der Waals surface area contributed by atoms with Crippen LogP contribution in [-0.4, -0.2) is 101 Å². The van der Waals surface area contributed by atoms with Crippen LogP contribution in [0.1, 0.15) is 120 Å². The van der Waals surface area contributed by atoms with Gasteiger partial charge in [0.2, 0.25) is 0 Å². The second-order valence-corrected chi connectivity index (χ2v) is 20.1. The summed E-state index contributed by atoms with van der Waals surface area (Å²) in [6, 6.07) is 7.88. The number of hydrazine groups is 1. The molecule has 7 heterocycles. The number of fused-ring (bicyclic) bond motifs is 8. The molecule has 15 heteroatoms. The normalized spacial score (nSPS) is 26.8. The van der Waals surface area contributed by atoms with E-state index in [2.05, 4.69) is 64.9 Å². The molecule has 1 aromatic carbocycles. The number of esters is 1. The Morgan fingerprint density at radius 1 is 1.15 bits per heavy atom. The summed E-state index contributed by atoms with van der Waals surface area (Å²) in [7, 11) is 1.74. The third-order valence-corrected chi connectivity index (χ3v) is 14.6. The average Bonchev–Trinajstić information content (AvgIpc) is 3.71. The van der Waals surface area contributed by atoms with Crippen molar-refractivity contribution in [1.82, 2.24) is 35.6 Å². The standard InChI is InChI=1S/C47H61N7O7S/c1-8-53-38-12-11-28-18-33(38)35(41(53)34-19-30(21-48-40(34)27(3)58-7)29-16-31-22-59-23-32(17-29)49-31)20-47(13-14-47)25-60-44(56)36-10-9-15-54(52-36)43(55)39(51-45(57)61-46(4,5)6)26(2)42-50-37(28)24-62-42/h11-12,18-19,21,24,26-27,29,31-32,36,39,49,52H,8-10,13-17,20,22-23,25H2,1-7H3,(H,51,57)/t26-,27-,29?,31-,32+,36-,39-/m0/s1. The summed E-state index contributed by atoms with van der Waals surface area (Å²) in [6.07, 6.45) is 6.78. The number of morpholine rings is 1. The van der Waals surface area contributed by atoms with Crippen molar-refractivity contribution in [3.05, 3.63) is 57.7 Å². The Kier molecular flexibility index (Phi) is 11.7. The van der Waals surface area contributed by atoms with Crippen LogP contribution in [0.5, 0.6) is 0 Å². The molecule has 2 amide bonds. The number of cyclic esters (lactones) is 1. The molecule has 9 rings (SSSR count). The number of methoxy groups -OCH3 is 1. The minimum atomic E-state index is -1.01. The molecule has 3 saturated heterocycles. The molecule has 1 aliphatic carbocycles. The quantitative estimate of drug-likeness (QED) is 0.169. The van der Waals surface area contributed by atoms with Crippen LogP contribution in [0.3, 0.4) is 0 Å². The topological polar surface area (TPSA) is 158 Å². The summed E-state index contributed by atoms with van der Waals surface area (Å²) in [5, 5.41) is 11.9. The van der Waals surface area contributed by atoms with Crippen molar-refractivity contribution in [2.75, 3.05) is 33.5 Å². The summed E-state index contributed by atoms with van der Waals surface area (Å²) in [6.45, 7) is 14.3. The summed E-state index contributed by atoms with van der Waals surface area (Å²) in [5.74, 6) is -0.914. The number of pyridine rings is 1. The maximum absolute atomic E-state index is 14.4. The zero-order valence-corrected chi connectivity index (χ0v) is 37.9. The molecule has 1 spiro atoms. The van der Waals surface area contributed by atoms with Crippen LogP contribution in [0.4, 0.5) is 4.79 Å². The Bertz CT molecular complexity index is 2340. The van der Waals surface area contributed by atoms with E-state index in [1.165, 1.54) is 27.5 Å². The maximum Gasteiger partial charge on any atom is 0.408 e. The molecule has 4 fully saturated rings. The fourth-order valence-corrected chi connectivity index (χ4v) is 10.9. The van der Waals surface area contributed by atoms with Gasteiger partial charge < -0.3 is 34.1 Å². The summed E-state index contributed by atoms with van der Waals surface area (Å²) in [4.78, 5) is 51.9. The first kappa shape index (κ1) is 42.9. The molecule has 3 N–H and O–H groups in total. The van der Waals surface area contributed by atoms with Crippen LogP contribution in [-0.2, 0) is 41.5 Å². The average molecular weight is 868 g/mol. The van der Waals surface area contributed by atoms with E-state index in [1.807, 2.05) is 12.3 Å². The number of amides is 2. The minimum Gasteiger partial charge on any atom is -0.464 e. The van der Waals surface area contributed by atoms with E-state index in [9.17, 15) is 14.4 Å². The van der Waals surface area contributed by atoms with E-state index in [0.29, 0.717) is 48.8 Å². The number of nitrogens with zero attached hydrogens (tertiary/aromatic N) is 4. The number of ether oxygens (including phenoxy) is 4. The number of piperidine rings is 1. The molecule has 4 aliphatic heterocycles. The highest BCUT2D eigenvalue weighted by molar-refractivity contribution is 7.10. The molecular weight excluding hydrogens is 807 g/mol. The lowest BCUT2D eigenvalue weighted by Gasteiger charge is -2.40. The van der Waals surface area contributed by atoms with Crippen molar-refractivity contribution >= 4 is 40.2 Å². The number of nitrogens with one attached hydrogen (secondary N) is 3. The number of alkyl carbamates (subject to hydrolysis) is 1. The molecule has 62 heavy (non-hydrogen) atoms. The molecule has 7 atom stereocenters. The molecule has 14 nitrogen and oxygen atoms in total. The van der Waals surface area contributed by atoms with Gasteiger partial charge >= 0.3 is 12.1 Å². The van der Waals surface area contributed by atoms with Crippen molar-refractivity contribution < 1.29 is 33.3 Å². The van der Waals surface area contributed by atoms with Gasteiger partial charge in [0.15, 0.2) is 0 Å². The van der Waals surface area contributed by atoms with Crippen LogP contribution >= 0.6 is 11.3 Å². The number of aryl methyl sites for hydroxylation is 1. The Labute approximate surface area is 367 Å². The van der Waals surface area contributed by atoms with Gasteiger partial charge in [-0.1, -0.05) is 13.0 Å². The Morgan fingerprint density at radius 2 is 1.92 bits per heavy atom. The van der Waals surface area contributed by atoms with Crippen molar-refractivity contribution in [2.24, 2.45) is 5.41 Å². The van der Waals surface area contributed by atoms with Gasteiger partial charge in [0, 0.05) is 77.2 Å². The largest absolute Gasteiger partial charge is 0.464 e. The van der Waals surface area contributed by atoms with Crippen LogP contribution < -0.4 is 16.1 Å². The van der Waals surface area contributed by atoms with Crippen LogP contribution in [0.15, 0.2) is 35.8 Å². The Balaban J connectivity index is 1.18. The van der Waals surface area contributed by atoms with E-state index in [-0.39, 0.29) is 30.0 Å². The number of thiazole rings is 1. The Morgan fingerprint density at radius 3 is 2.63 bits per heavy atom. The number of aromatic nitrogens is 3. The molecule has 0 radical (unpaired) electrons. The molecule has 332 valence electrons. The molecule has 8 bridgehead atoms. The van der Waals surface area contributed by atoms with Crippen molar-refractivity contribution in [2.45, 2.75) is 141 Å². The first-order valence-electron chi connectivity index (χ1n) is 22.4. The number of hydrogen-bond donors (Lipinski definition) is 3.